The summed E-state index contributed by atoms with van der Waals surface area (Å²) in [6, 6.07) is 8.72. The molecule has 4 nitrogen and oxygen atoms in total. The summed E-state index contributed by atoms with van der Waals surface area (Å²) in [7, 11) is 0. The first-order valence-corrected chi connectivity index (χ1v) is 5.23. The second-order valence-corrected chi connectivity index (χ2v) is 3.45. The van der Waals surface area contributed by atoms with Crippen molar-refractivity contribution in [3.05, 3.63) is 66.7 Å². The van der Waals surface area contributed by atoms with E-state index in [1.807, 2.05) is 48.6 Å². The molecule has 2 amide bonds. The highest BCUT2D eigenvalue weighted by atomic mass is 16.2. The minimum Gasteiger partial charge on any atom is -0.351 e. The number of rotatable bonds is 2. The van der Waals surface area contributed by atoms with Crippen LogP contribution in [0.15, 0.2) is 66.7 Å². The van der Waals surface area contributed by atoms with Crippen molar-refractivity contribution in [1.29, 1.82) is 0 Å². The number of para-hydroxylation sites is 1. The van der Waals surface area contributed by atoms with Crippen LogP contribution in [0.2, 0.25) is 0 Å². The largest absolute Gasteiger partial charge is 0.351 e. The Hall–Kier alpha value is -2.49. The number of hydrogen-bond acceptors (Lipinski definition) is 2. The summed E-state index contributed by atoms with van der Waals surface area (Å²) in [5.41, 5.74) is 6.13. The third-order valence-electron chi connectivity index (χ3n) is 2.28. The molecule has 0 atom stereocenters. The SMILES string of the molecule is NC(=O)N(C1=CC=CC=CN1)c1ccccc1. The monoisotopic (exact) mass is 227 g/mol. The Bertz CT molecular complexity index is 489. The van der Waals surface area contributed by atoms with Gasteiger partial charge < -0.3 is 11.1 Å². The number of hydrogen-bond donors (Lipinski definition) is 2. The Labute approximate surface area is 99.7 Å². The molecule has 1 aliphatic heterocycles. The normalized spacial score (nSPS) is 13.5. The molecule has 0 bridgehead atoms. The molecule has 0 saturated heterocycles. The first-order chi connectivity index (χ1) is 8.29. The van der Waals surface area contributed by atoms with Crippen molar-refractivity contribution in [1.82, 2.24) is 5.32 Å². The number of primary amides is 1. The lowest BCUT2D eigenvalue weighted by Gasteiger charge is -2.22. The Morgan fingerprint density at radius 3 is 2.59 bits per heavy atom. The van der Waals surface area contributed by atoms with E-state index in [9.17, 15) is 4.79 Å². The molecule has 1 aliphatic rings. The van der Waals surface area contributed by atoms with Crippen molar-refractivity contribution in [2.75, 3.05) is 4.90 Å². The van der Waals surface area contributed by atoms with Crippen LogP contribution in [0.1, 0.15) is 0 Å². The average Bonchev–Trinajstić information content (AvgIpc) is 2.59. The molecule has 0 saturated carbocycles. The van der Waals surface area contributed by atoms with Gasteiger partial charge in [0, 0.05) is 6.20 Å². The van der Waals surface area contributed by atoms with Crippen molar-refractivity contribution >= 4 is 11.7 Å². The quantitative estimate of drug-likeness (QED) is 0.812. The highest BCUT2D eigenvalue weighted by Gasteiger charge is 2.16. The molecule has 86 valence electrons. The van der Waals surface area contributed by atoms with E-state index in [1.54, 1.807) is 12.3 Å². The van der Waals surface area contributed by atoms with E-state index in [4.69, 9.17) is 5.73 Å². The highest BCUT2D eigenvalue weighted by molar-refractivity contribution is 5.93. The molecule has 1 heterocycles. The summed E-state index contributed by atoms with van der Waals surface area (Å²) < 4.78 is 0. The fourth-order valence-electron chi connectivity index (χ4n) is 1.55. The molecular weight excluding hydrogens is 214 g/mol. The molecule has 0 radical (unpaired) electrons. The third-order valence-corrected chi connectivity index (χ3v) is 2.28. The number of carbonyl (C=O) groups is 1. The highest BCUT2D eigenvalue weighted by Crippen LogP contribution is 2.17. The Morgan fingerprint density at radius 2 is 1.88 bits per heavy atom. The van der Waals surface area contributed by atoms with Crippen molar-refractivity contribution in [3.8, 4) is 0 Å². The van der Waals surface area contributed by atoms with E-state index < -0.39 is 6.03 Å². The minimum absolute atomic E-state index is 0.529. The Kier molecular flexibility index (Phi) is 3.25. The number of nitrogens with two attached hydrogens (primary N) is 1. The summed E-state index contributed by atoms with van der Waals surface area (Å²) in [4.78, 5) is 12.9. The van der Waals surface area contributed by atoms with Gasteiger partial charge >= 0.3 is 6.03 Å². The van der Waals surface area contributed by atoms with Gasteiger partial charge in [-0.1, -0.05) is 30.4 Å². The number of carbonyl (C=O) groups excluding carboxylic acids is 1. The average molecular weight is 227 g/mol. The van der Waals surface area contributed by atoms with Crippen LogP contribution in [-0.4, -0.2) is 6.03 Å². The van der Waals surface area contributed by atoms with Crippen LogP contribution in [-0.2, 0) is 0 Å². The molecule has 0 aliphatic carbocycles. The van der Waals surface area contributed by atoms with Gasteiger partial charge in [-0.15, -0.1) is 0 Å². The maximum absolute atomic E-state index is 11.5. The summed E-state index contributed by atoms with van der Waals surface area (Å²) in [6.07, 6.45) is 9.08. The number of allylic oxidation sites excluding steroid dienone is 4. The van der Waals surface area contributed by atoms with Gasteiger partial charge in [0.2, 0.25) is 0 Å². The molecule has 1 aromatic carbocycles. The predicted octanol–water partition coefficient (Wildman–Crippen LogP) is 2.09. The van der Waals surface area contributed by atoms with Crippen molar-refractivity contribution in [2.45, 2.75) is 0 Å². The standard InChI is InChI=1S/C13H13N3O/c14-13(17)16(11-7-3-1-4-8-11)12-9-5-2-6-10-15-12/h1-10,15H,(H2,14,17). The molecule has 4 heteroatoms. The zero-order valence-electron chi connectivity index (χ0n) is 9.21. The lowest BCUT2D eigenvalue weighted by atomic mass is 10.3. The number of nitrogens with zero attached hydrogens (tertiary/aromatic N) is 1. The van der Waals surface area contributed by atoms with Gasteiger partial charge in [-0.3, -0.25) is 0 Å². The van der Waals surface area contributed by atoms with Crippen LogP contribution in [0.4, 0.5) is 10.5 Å². The lowest BCUT2D eigenvalue weighted by molar-refractivity contribution is 0.255. The lowest BCUT2D eigenvalue weighted by Crippen LogP contribution is -2.38. The van der Waals surface area contributed by atoms with Crippen molar-refractivity contribution in [2.24, 2.45) is 5.73 Å². The van der Waals surface area contributed by atoms with Crippen LogP contribution < -0.4 is 16.0 Å². The molecule has 17 heavy (non-hydrogen) atoms. The second-order valence-electron chi connectivity index (χ2n) is 3.45. The molecule has 1 aromatic rings. The zero-order chi connectivity index (χ0) is 12.1. The fraction of sp³-hybridized carbons (Fsp3) is 0. The molecule has 0 spiro atoms. The second kappa shape index (κ2) is 5.03. The van der Waals surface area contributed by atoms with Crippen LogP contribution in [0.5, 0.6) is 0 Å². The summed E-state index contributed by atoms with van der Waals surface area (Å²) >= 11 is 0. The van der Waals surface area contributed by atoms with Gasteiger partial charge in [-0.25, -0.2) is 9.69 Å². The number of benzene rings is 1. The minimum atomic E-state index is -0.529. The van der Waals surface area contributed by atoms with E-state index >= 15 is 0 Å². The first-order valence-electron chi connectivity index (χ1n) is 5.23. The smallest absolute Gasteiger partial charge is 0.325 e. The Morgan fingerprint density at radius 1 is 1.12 bits per heavy atom. The van der Waals surface area contributed by atoms with Gasteiger partial charge in [0.1, 0.15) is 5.82 Å². The van der Waals surface area contributed by atoms with Crippen molar-refractivity contribution < 1.29 is 4.79 Å². The van der Waals surface area contributed by atoms with Crippen LogP contribution in [0.3, 0.4) is 0 Å². The summed E-state index contributed by atoms with van der Waals surface area (Å²) in [5.74, 6) is 0.619. The molecule has 3 N–H and O–H groups in total. The fourth-order valence-corrected chi connectivity index (χ4v) is 1.55. The van der Waals surface area contributed by atoms with Gasteiger partial charge in [-0.05, 0) is 24.3 Å². The van der Waals surface area contributed by atoms with E-state index in [-0.39, 0.29) is 0 Å². The molecule has 0 aromatic heterocycles. The zero-order valence-corrected chi connectivity index (χ0v) is 9.21. The Balaban J connectivity index is 2.36. The maximum atomic E-state index is 11.5. The van der Waals surface area contributed by atoms with Crippen molar-refractivity contribution in [3.63, 3.8) is 0 Å². The maximum Gasteiger partial charge on any atom is 0.325 e. The summed E-state index contributed by atoms with van der Waals surface area (Å²) in [5, 5.41) is 3.00. The summed E-state index contributed by atoms with van der Waals surface area (Å²) in [6.45, 7) is 0. The van der Waals surface area contributed by atoms with Crippen LogP contribution in [0, 0.1) is 0 Å². The third kappa shape index (κ3) is 2.55. The molecule has 0 unspecified atom stereocenters. The van der Waals surface area contributed by atoms with Gasteiger partial charge in [0.25, 0.3) is 0 Å². The van der Waals surface area contributed by atoms with E-state index in [0.29, 0.717) is 5.82 Å². The molecule has 2 rings (SSSR count). The van der Waals surface area contributed by atoms with E-state index in [2.05, 4.69) is 5.32 Å². The molecule has 0 fully saturated rings. The van der Waals surface area contributed by atoms with Crippen LogP contribution >= 0.6 is 0 Å². The van der Waals surface area contributed by atoms with Gasteiger partial charge in [0.05, 0.1) is 5.69 Å². The molecular formula is C13H13N3O. The number of nitrogens with one attached hydrogen (secondary N) is 1. The number of urea groups is 1. The topological polar surface area (TPSA) is 58.4 Å². The predicted molar refractivity (Wildman–Crippen MR) is 68.0 cm³/mol. The van der Waals surface area contributed by atoms with Gasteiger partial charge in [0.15, 0.2) is 0 Å². The number of amides is 2. The number of anilines is 1. The van der Waals surface area contributed by atoms with E-state index in [0.717, 1.165) is 5.69 Å². The van der Waals surface area contributed by atoms with Crippen LogP contribution in [0.25, 0.3) is 0 Å². The first kappa shape index (κ1) is 11.0. The van der Waals surface area contributed by atoms with E-state index in [1.165, 1.54) is 4.90 Å². The van der Waals surface area contributed by atoms with Gasteiger partial charge in [-0.2, -0.15) is 0 Å².